The minimum atomic E-state index is 0.151. The Kier molecular flexibility index (Phi) is 3.79. The molecule has 1 aliphatic carbocycles. The summed E-state index contributed by atoms with van der Waals surface area (Å²) in [4.78, 5) is 14.7. The molecule has 3 rings (SSSR count). The molecule has 3 atom stereocenters. The number of rotatable bonds is 1. The maximum absolute atomic E-state index is 12.7. The van der Waals surface area contributed by atoms with E-state index < -0.39 is 0 Å². The van der Waals surface area contributed by atoms with Crippen LogP contribution in [0, 0.1) is 11.8 Å². The SMILES string of the molecule is CC1CC(N)CN(C(=O)C2CCc3ccccc3C2)C1. The quantitative estimate of drug-likeness (QED) is 0.850. The Balaban J connectivity index is 1.69. The number of nitrogens with zero attached hydrogens (tertiary/aromatic N) is 1. The van der Waals surface area contributed by atoms with Gasteiger partial charge in [-0.05, 0) is 42.7 Å². The smallest absolute Gasteiger partial charge is 0.226 e. The highest BCUT2D eigenvalue weighted by atomic mass is 16.2. The third kappa shape index (κ3) is 2.73. The molecule has 1 aromatic carbocycles. The van der Waals surface area contributed by atoms with Crippen molar-refractivity contribution in [1.29, 1.82) is 0 Å². The van der Waals surface area contributed by atoms with Gasteiger partial charge in [0.15, 0.2) is 0 Å². The lowest BCUT2D eigenvalue weighted by Gasteiger charge is -2.37. The zero-order valence-corrected chi connectivity index (χ0v) is 12.2. The van der Waals surface area contributed by atoms with E-state index in [9.17, 15) is 4.79 Å². The van der Waals surface area contributed by atoms with Crippen molar-refractivity contribution < 1.29 is 4.79 Å². The number of likely N-dealkylation sites (tertiary alicyclic amines) is 1. The van der Waals surface area contributed by atoms with E-state index in [0.717, 1.165) is 38.8 Å². The number of nitrogens with two attached hydrogens (primary N) is 1. The summed E-state index contributed by atoms with van der Waals surface area (Å²) in [6.07, 6.45) is 3.95. The van der Waals surface area contributed by atoms with Gasteiger partial charge in [-0.1, -0.05) is 31.2 Å². The molecule has 1 heterocycles. The zero-order chi connectivity index (χ0) is 14.1. The number of carbonyl (C=O) groups is 1. The lowest BCUT2D eigenvalue weighted by molar-refractivity contribution is -0.138. The molecule has 3 nitrogen and oxygen atoms in total. The number of hydrogen-bond donors (Lipinski definition) is 1. The highest BCUT2D eigenvalue weighted by Gasteiger charge is 2.32. The summed E-state index contributed by atoms with van der Waals surface area (Å²) in [6, 6.07) is 8.67. The van der Waals surface area contributed by atoms with Crippen LogP contribution in [0.5, 0.6) is 0 Å². The summed E-state index contributed by atoms with van der Waals surface area (Å²) in [6.45, 7) is 3.81. The topological polar surface area (TPSA) is 46.3 Å². The lowest BCUT2D eigenvalue weighted by atomic mass is 9.82. The third-order valence-electron chi connectivity index (χ3n) is 4.70. The maximum Gasteiger partial charge on any atom is 0.226 e. The predicted octanol–water partition coefficient (Wildman–Crippen LogP) is 1.99. The average molecular weight is 272 g/mol. The van der Waals surface area contributed by atoms with E-state index in [2.05, 4.69) is 31.2 Å². The first-order valence-corrected chi connectivity index (χ1v) is 7.74. The molecule has 0 spiro atoms. The summed E-state index contributed by atoms with van der Waals surface area (Å²) >= 11 is 0. The van der Waals surface area contributed by atoms with E-state index in [1.807, 2.05) is 4.90 Å². The molecule has 1 aromatic rings. The second-order valence-electron chi connectivity index (χ2n) is 6.55. The molecule has 20 heavy (non-hydrogen) atoms. The average Bonchev–Trinajstić information content (AvgIpc) is 2.45. The van der Waals surface area contributed by atoms with Crippen molar-refractivity contribution >= 4 is 5.91 Å². The number of aryl methyl sites for hydroxylation is 1. The van der Waals surface area contributed by atoms with Crippen LogP contribution in [0.1, 0.15) is 30.9 Å². The fraction of sp³-hybridized carbons (Fsp3) is 0.588. The van der Waals surface area contributed by atoms with Crippen molar-refractivity contribution in [1.82, 2.24) is 4.90 Å². The molecule has 1 saturated heterocycles. The molecule has 108 valence electrons. The van der Waals surface area contributed by atoms with Gasteiger partial charge in [-0.25, -0.2) is 0 Å². The third-order valence-corrected chi connectivity index (χ3v) is 4.70. The molecule has 1 amide bonds. The van der Waals surface area contributed by atoms with Gasteiger partial charge in [0, 0.05) is 25.0 Å². The van der Waals surface area contributed by atoms with E-state index in [4.69, 9.17) is 5.73 Å². The van der Waals surface area contributed by atoms with Gasteiger partial charge in [0.05, 0.1) is 0 Å². The van der Waals surface area contributed by atoms with Gasteiger partial charge in [-0.15, -0.1) is 0 Å². The van der Waals surface area contributed by atoms with Gasteiger partial charge in [0.25, 0.3) is 0 Å². The van der Waals surface area contributed by atoms with Crippen LogP contribution in [0.2, 0.25) is 0 Å². The summed E-state index contributed by atoms with van der Waals surface area (Å²) < 4.78 is 0. The van der Waals surface area contributed by atoms with Crippen molar-refractivity contribution in [3.05, 3.63) is 35.4 Å². The first-order chi connectivity index (χ1) is 9.63. The molecule has 3 heteroatoms. The van der Waals surface area contributed by atoms with Gasteiger partial charge >= 0.3 is 0 Å². The molecule has 1 fully saturated rings. The minimum absolute atomic E-state index is 0.151. The summed E-state index contributed by atoms with van der Waals surface area (Å²) in [5.74, 6) is 1.00. The van der Waals surface area contributed by atoms with Gasteiger partial charge < -0.3 is 10.6 Å². The van der Waals surface area contributed by atoms with Gasteiger partial charge in [0.2, 0.25) is 5.91 Å². The van der Waals surface area contributed by atoms with E-state index in [1.165, 1.54) is 11.1 Å². The van der Waals surface area contributed by atoms with Crippen molar-refractivity contribution in [2.75, 3.05) is 13.1 Å². The fourth-order valence-electron chi connectivity index (χ4n) is 3.75. The fourth-order valence-corrected chi connectivity index (χ4v) is 3.75. The number of amides is 1. The monoisotopic (exact) mass is 272 g/mol. The van der Waals surface area contributed by atoms with Crippen LogP contribution in [0.15, 0.2) is 24.3 Å². The molecular weight excluding hydrogens is 248 g/mol. The van der Waals surface area contributed by atoms with Crippen LogP contribution < -0.4 is 5.73 Å². The molecule has 0 bridgehead atoms. The van der Waals surface area contributed by atoms with Crippen LogP contribution in [0.4, 0.5) is 0 Å². The maximum atomic E-state index is 12.7. The van der Waals surface area contributed by atoms with E-state index in [-0.39, 0.29) is 12.0 Å². The van der Waals surface area contributed by atoms with Crippen molar-refractivity contribution in [2.24, 2.45) is 17.6 Å². The Morgan fingerprint density at radius 3 is 2.75 bits per heavy atom. The van der Waals surface area contributed by atoms with Crippen LogP contribution in [-0.4, -0.2) is 29.9 Å². The molecule has 0 radical (unpaired) electrons. The van der Waals surface area contributed by atoms with Crippen LogP contribution in [0.3, 0.4) is 0 Å². The number of hydrogen-bond acceptors (Lipinski definition) is 2. The molecule has 2 aliphatic rings. The van der Waals surface area contributed by atoms with Gasteiger partial charge in [0.1, 0.15) is 0 Å². The Labute approximate surface area is 121 Å². The highest BCUT2D eigenvalue weighted by molar-refractivity contribution is 5.79. The summed E-state index contributed by atoms with van der Waals surface area (Å²) in [7, 11) is 0. The number of benzene rings is 1. The van der Waals surface area contributed by atoms with Crippen molar-refractivity contribution in [2.45, 2.75) is 38.6 Å². The van der Waals surface area contributed by atoms with Gasteiger partial charge in [-0.3, -0.25) is 4.79 Å². The molecule has 1 aliphatic heterocycles. The number of carbonyl (C=O) groups excluding carboxylic acids is 1. The lowest BCUT2D eigenvalue weighted by Crippen LogP contribution is -2.51. The first kappa shape index (κ1) is 13.6. The normalized spacial score (nSPS) is 29.9. The number of piperidine rings is 1. The molecule has 3 unspecified atom stereocenters. The van der Waals surface area contributed by atoms with Gasteiger partial charge in [-0.2, -0.15) is 0 Å². The summed E-state index contributed by atoms with van der Waals surface area (Å²) in [5.41, 5.74) is 8.84. The van der Waals surface area contributed by atoms with E-state index in [1.54, 1.807) is 0 Å². The molecule has 0 saturated carbocycles. The Bertz CT molecular complexity index is 490. The molecule has 2 N–H and O–H groups in total. The first-order valence-electron chi connectivity index (χ1n) is 7.74. The Morgan fingerprint density at radius 1 is 1.25 bits per heavy atom. The van der Waals surface area contributed by atoms with Crippen molar-refractivity contribution in [3.8, 4) is 0 Å². The van der Waals surface area contributed by atoms with Crippen LogP contribution in [-0.2, 0) is 17.6 Å². The Morgan fingerprint density at radius 2 is 2.00 bits per heavy atom. The second-order valence-corrected chi connectivity index (χ2v) is 6.55. The summed E-state index contributed by atoms with van der Waals surface area (Å²) in [5, 5.41) is 0. The predicted molar refractivity (Wildman–Crippen MR) is 80.3 cm³/mol. The van der Waals surface area contributed by atoms with E-state index >= 15 is 0 Å². The minimum Gasteiger partial charge on any atom is -0.341 e. The van der Waals surface area contributed by atoms with E-state index in [0.29, 0.717) is 11.8 Å². The zero-order valence-electron chi connectivity index (χ0n) is 12.2. The standard InChI is InChI=1S/C17H24N2O/c1-12-8-16(18)11-19(10-12)17(20)15-7-6-13-4-2-3-5-14(13)9-15/h2-5,12,15-16H,6-11,18H2,1H3. The highest BCUT2D eigenvalue weighted by Crippen LogP contribution is 2.28. The van der Waals surface area contributed by atoms with Crippen LogP contribution in [0.25, 0.3) is 0 Å². The molecular formula is C17H24N2O. The largest absolute Gasteiger partial charge is 0.341 e. The second kappa shape index (κ2) is 5.57. The van der Waals surface area contributed by atoms with Crippen molar-refractivity contribution in [3.63, 3.8) is 0 Å². The Hall–Kier alpha value is -1.35. The number of fused-ring (bicyclic) bond motifs is 1. The van der Waals surface area contributed by atoms with Crippen LogP contribution >= 0.6 is 0 Å². The molecule has 0 aromatic heterocycles.